The molecule has 2 aromatic heterocycles. The highest BCUT2D eigenvalue weighted by Crippen LogP contribution is 2.37. The Labute approximate surface area is 189 Å². The molecule has 0 aliphatic heterocycles. The molecule has 0 radical (unpaired) electrons. The lowest BCUT2D eigenvalue weighted by Gasteiger charge is -2.14. The zero-order valence-corrected chi connectivity index (χ0v) is 17.8. The number of nitrogens with zero attached hydrogens (tertiary/aromatic N) is 7. The Morgan fingerprint density at radius 2 is 1.39 bits per heavy atom. The van der Waals surface area contributed by atoms with E-state index in [1.807, 2.05) is 34.9 Å². The quantitative estimate of drug-likeness (QED) is 0.346. The number of fused-ring (bicyclic) bond motifs is 3. The molecule has 0 bridgehead atoms. The predicted molar refractivity (Wildman–Crippen MR) is 125 cm³/mol. The van der Waals surface area contributed by atoms with E-state index in [1.165, 1.54) is 0 Å². The lowest BCUT2D eigenvalue weighted by molar-refractivity contribution is 0.926. The Morgan fingerprint density at radius 1 is 0.788 bits per heavy atom. The third-order valence-electron chi connectivity index (χ3n) is 5.48. The maximum atomic E-state index is 9.54. The summed E-state index contributed by atoms with van der Waals surface area (Å²) in [6.07, 6.45) is 0. The van der Waals surface area contributed by atoms with E-state index < -0.39 is 0 Å². The van der Waals surface area contributed by atoms with Crippen LogP contribution >= 0.6 is 0 Å². The van der Waals surface area contributed by atoms with Crippen LogP contribution in [-0.2, 0) is 0 Å². The SMILES string of the molecule is [C-]#[N+]c1ccc2c3ccc(C#N)cc3n(-c3ccc(C#N)cc3-c3nc(C)nc(C)n3)c2c1. The van der Waals surface area contributed by atoms with Crippen LogP contribution in [0.1, 0.15) is 22.8 Å². The number of aromatic nitrogens is 4. The molecule has 0 unspecified atom stereocenters. The van der Waals surface area contributed by atoms with E-state index in [1.54, 1.807) is 38.1 Å². The molecule has 0 saturated heterocycles. The fourth-order valence-electron chi connectivity index (χ4n) is 4.12. The van der Waals surface area contributed by atoms with E-state index in [9.17, 15) is 10.5 Å². The van der Waals surface area contributed by atoms with E-state index in [0.29, 0.717) is 39.9 Å². The first-order chi connectivity index (χ1) is 16.0. The smallest absolute Gasteiger partial charge is 0.189 e. The summed E-state index contributed by atoms with van der Waals surface area (Å²) in [7, 11) is 0. The van der Waals surface area contributed by atoms with Gasteiger partial charge in [-0.15, -0.1) is 0 Å². The predicted octanol–water partition coefficient (Wildman–Crippen LogP) is 5.55. The number of rotatable bonds is 2. The van der Waals surface area contributed by atoms with Crippen molar-refractivity contribution in [3.63, 3.8) is 0 Å². The summed E-state index contributed by atoms with van der Waals surface area (Å²) >= 11 is 0. The summed E-state index contributed by atoms with van der Waals surface area (Å²) in [6, 6.07) is 20.8. The van der Waals surface area contributed by atoms with E-state index >= 15 is 0 Å². The third kappa shape index (κ3) is 3.24. The number of benzene rings is 3. The van der Waals surface area contributed by atoms with Crippen molar-refractivity contribution in [1.82, 2.24) is 19.5 Å². The molecule has 0 aliphatic carbocycles. The minimum Gasteiger partial charge on any atom is -0.310 e. The largest absolute Gasteiger partial charge is 0.310 e. The number of nitriles is 2. The summed E-state index contributed by atoms with van der Waals surface area (Å²) in [6.45, 7) is 11.1. The van der Waals surface area contributed by atoms with Gasteiger partial charge >= 0.3 is 0 Å². The van der Waals surface area contributed by atoms with Crippen molar-refractivity contribution in [2.75, 3.05) is 0 Å². The van der Waals surface area contributed by atoms with E-state index in [2.05, 4.69) is 31.9 Å². The van der Waals surface area contributed by atoms with Gasteiger partial charge < -0.3 is 4.57 Å². The summed E-state index contributed by atoms with van der Waals surface area (Å²) < 4.78 is 2.01. The number of aryl methyl sites for hydroxylation is 2. The highest BCUT2D eigenvalue weighted by Gasteiger charge is 2.19. The minimum atomic E-state index is 0.458. The van der Waals surface area contributed by atoms with Crippen LogP contribution in [0.25, 0.3) is 43.7 Å². The molecule has 154 valence electrons. The summed E-state index contributed by atoms with van der Waals surface area (Å²) in [5.74, 6) is 1.62. The Bertz CT molecular complexity index is 1630. The first kappa shape index (κ1) is 19.9. The standard InChI is InChI=1S/C26H15N7/c1-15-30-16(2)32-26(31-15)22-10-17(13-27)5-9-23(22)33-24-11-18(14-28)4-7-20(24)21-8-6-19(29-3)12-25(21)33/h4-12H,1-2H3. The van der Waals surface area contributed by atoms with Crippen LogP contribution in [-0.4, -0.2) is 19.5 Å². The van der Waals surface area contributed by atoms with Gasteiger partial charge in [0, 0.05) is 21.9 Å². The normalized spacial score (nSPS) is 10.6. The van der Waals surface area contributed by atoms with Gasteiger partial charge in [0.2, 0.25) is 0 Å². The average Bonchev–Trinajstić information content (AvgIpc) is 3.15. The highest BCUT2D eigenvalue weighted by atomic mass is 15.0. The van der Waals surface area contributed by atoms with Gasteiger partial charge in [0.15, 0.2) is 11.5 Å². The van der Waals surface area contributed by atoms with Crippen molar-refractivity contribution in [2.24, 2.45) is 0 Å². The molecule has 2 heterocycles. The maximum Gasteiger partial charge on any atom is 0.189 e. The van der Waals surface area contributed by atoms with Crippen LogP contribution in [0.2, 0.25) is 0 Å². The molecule has 5 rings (SSSR count). The third-order valence-corrected chi connectivity index (χ3v) is 5.48. The van der Waals surface area contributed by atoms with Gasteiger partial charge in [-0.2, -0.15) is 10.5 Å². The van der Waals surface area contributed by atoms with Crippen LogP contribution in [0.15, 0.2) is 54.6 Å². The first-order valence-corrected chi connectivity index (χ1v) is 10.1. The van der Waals surface area contributed by atoms with Gasteiger partial charge in [-0.1, -0.05) is 18.2 Å². The summed E-state index contributed by atoms with van der Waals surface area (Å²) in [5, 5.41) is 21.0. The van der Waals surface area contributed by atoms with Crippen molar-refractivity contribution >= 4 is 27.5 Å². The second-order valence-corrected chi connectivity index (χ2v) is 7.59. The van der Waals surface area contributed by atoms with E-state index in [0.717, 1.165) is 27.5 Å². The van der Waals surface area contributed by atoms with Crippen LogP contribution < -0.4 is 0 Å². The second kappa shape index (κ2) is 7.57. The van der Waals surface area contributed by atoms with Gasteiger partial charge in [-0.05, 0) is 50.2 Å². The molecule has 0 fully saturated rings. The lowest BCUT2D eigenvalue weighted by Crippen LogP contribution is -2.03. The molecular formula is C26H15N7. The monoisotopic (exact) mass is 425 g/mol. The van der Waals surface area contributed by atoms with Crippen LogP contribution in [0.4, 0.5) is 5.69 Å². The summed E-state index contributed by atoms with van der Waals surface area (Å²) in [4.78, 5) is 16.9. The molecule has 0 atom stereocenters. The Balaban J connectivity index is 1.96. The molecule has 0 amide bonds. The molecule has 0 spiro atoms. The number of hydrogen-bond acceptors (Lipinski definition) is 5. The van der Waals surface area contributed by atoms with Gasteiger partial charge in [-0.3, -0.25) is 0 Å². The van der Waals surface area contributed by atoms with E-state index in [-0.39, 0.29) is 0 Å². The van der Waals surface area contributed by atoms with Crippen molar-refractivity contribution in [1.29, 1.82) is 10.5 Å². The second-order valence-electron chi connectivity index (χ2n) is 7.59. The van der Waals surface area contributed by atoms with Crippen molar-refractivity contribution in [3.8, 4) is 29.2 Å². The number of hydrogen-bond donors (Lipinski definition) is 0. The molecule has 3 aromatic carbocycles. The topological polar surface area (TPSA) is 95.5 Å². The van der Waals surface area contributed by atoms with Gasteiger partial charge in [-0.25, -0.2) is 19.8 Å². The summed E-state index contributed by atoms with van der Waals surface area (Å²) in [5.41, 5.74) is 4.56. The van der Waals surface area contributed by atoms with Crippen LogP contribution in [0.3, 0.4) is 0 Å². The fourth-order valence-corrected chi connectivity index (χ4v) is 4.12. The molecule has 5 aromatic rings. The highest BCUT2D eigenvalue weighted by molar-refractivity contribution is 6.10. The van der Waals surface area contributed by atoms with Crippen LogP contribution in [0.5, 0.6) is 0 Å². The molecule has 33 heavy (non-hydrogen) atoms. The fraction of sp³-hybridized carbons (Fsp3) is 0.0769. The van der Waals surface area contributed by atoms with Crippen LogP contribution in [0, 0.1) is 43.1 Å². The Kier molecular flexibility index (Phi) is 4.56. The molecule has 7 heteroatoms. The van der Waals surface area contributed by atoms with Gasteiger partial charge in [0.25, 0.3) is 0 Å². The van der Waals surface area contributed by atoms with Crippen molar-refractivity contribution in [2.45, 2.75) is 13.8 Å². The van der Waals surface area contributed by atoms with Crippen molar-refractivity contribution in [3.05, 3.63) is 88.8 Å². The van der Waals surface area contributed by atoms with Gasteiger partial charge in [0.05, 0.1) is 41.0 Å². The molecule has 0 aliphatic rings. The van der Waals surface area contributed by atoms with Gasteiger partial charge in [0.1, 0.15) is 11.6 Å². The minimum absolute atomic E-state index is 0.458. The molecule has 7 nitrogen and oxygen atoms in total. The Morgan fingerprint density at radius 3 is 2.06 bits per heavy atom. The first-order valence-electron chi connectivity index (χ1n) is 10.1. The molecular weight excluding hydrogens is 410 g/mol. The van der Waals surface area contributed by atoms with E-state index in [4.69, 9.17) is 6.57 Å². The maximum absolute atomic E-state index is 9.54. The lowest BCUT2D eigenvalue weighted by atomic mass is 10.1. The molecule has 0 saturated carbocycles. The zero-order chi connectivity index (χ0) is 23.1. The Hall–Kier alpha value is -5.06. The molecule has 0 N–H and O–H groups in total. The average molecular weight is 425 g/mol. The zero-order valence-electron chi connectivity index (χ0n) is 17.8. The van der Waals surface area contributed by atoms with Crippen molar-refractivity contribution < 1.29 is 0 Å².